The van der Waals surface area contributed by atoms with Gasteiger partial charge in [-0.15, -0.1) is 0 Å². The van der Waals surface area contributed by atoms with Crippen LogP contribution in [0.3, 0.4) is 0 Å². The van der Waals surface area contributed by atoms with Gasteiger partial charge in [-0.05, 0) is 30.7 Å². The van der Waals surface area contributed by atoms with Crippen molar-refractivity contribution in [3.63, 3.8) is 0 Å². The van der Waals surface area contributed by atoms with Crippen LogP contribution in [0.4, 0.5) is 0 Å². The third-order valence-electron chi connectivity index (χ3n) is 3.92. The van der Waals surface area contributed by atoms with Crippen molar-refractivity contribution in [3.8, 4) is 5.75 Å². The van der Waals surface area contributed by atoms with E-state index in [-0.39, 0.29) is 18.4 Å². The fraction of sp³-hybridized carbons (Fsp3) is 0.350. The van der Waals surface area contributed by atoms with Crippen LogP contribution in [0.5, 0.6) is 5.75 Å². The number of benzene rings is 2. The van der Waals surface area contributed by atoms with Crippen LogP contribution in [0, 0.1) is 0 Å². The number of aliphatic hydroxyl groups excluding tert-OH is 1. The van der Waals surface area contributed by atoms with E-state index < -0.39 is 6.10 Å². The van der Waals surface area contributed by atoms with Crippen molar-refractivity contribution in [2.75, 3.05) is 20.3 Å². The number of hydrogen-bond donors (Lipinski definition) is 2. The van der Waals surface area contributed by atoms with E-state index in [4.69, 9.17) is 21.1 Å². The van der Waals surface area contributed by atoms with Crippen molar-refractivity contribution in [3.05, 3.63) is 64.7 Å². The molecule has 0 spiro atoms. The maximum Gasteiger partial charge on any atom is 0.310 e. The van der Waals surface area contributed by atoms with Crippen LogP contribution in [-0.2, 0) is 16.0 Å². The van der Waals surface area contributed by atoms with Gasteiger partial charge in [0.2, 0.25) is 0 Å². The predicted octanol–water partition coefficient (Wildman–Crippen LogP) is 3.15. The van der Waals surface area contributed by atoms with Crippen LogP contribution < -0.4 is 10.1 Å². The van der Waals surface area contributed by atoms with E-state index in [1.165, 1.54) is 7.11 Å². The van der Waals surface area contributed by atoms with E-state index in [1.54, 1.807) is 12.1 Å². The van der Waals surface area contributed by atoms with Gasteiger partial charge < -0.3 is 19.9 Å². The molecule has 0 aliphatic heterocycles. The molecule has 2 rings (SSSR count). The molecule has 2 atom stereocenters. The van der Waals surface area contributed by atoms with Crippen molar-refractivity contribution >= 4 is 17.6 Å². The third-order valence-corrected chi connectivity index (χ3v) is 4.15. The molecule has 5 nitrogen and oxygen atoms in total. The minimum absolute atomic E-state index is 0.00927. The molecule has 26 heavy (non-hydrogen) atoms. The molecule has 2 aromatic rings. The van der Waals surface area contributed by atoms with Crippen LogP contribution in [0.25, 0.3) is 0 Å². The van der Waals surface area contributed by atoms with Crippen LogP contribution >= 0.6 is 11.6 Å². The van der Waals surface area contributed by atoms with E-state index in [2.05, 4.69) is 5.32 Å². The number of hydrogen-bond acceptors (Lipinski definition) is 5. The zero-order valence-corrected chi connectivity index (χ0v) is 15.7. The van der Waals surface area contributed by atoms with E-state index in [0.29, 0.717) is 23.9 Å². The largest absolute Gasteiger partial charge is 0.492 e. The normalized spacial score (nSPS) is 13.1. The Hall–Kier alpha value is -2.08. The summed E-state index contributed by atoms with van der Waals surface area (Å²) in [6, 6.07) is 14.6. The van der Waals surface area contributed by atoms with Gasteiger partial charge in [-0.1, -0.05) is 41.9 Å². The molecule has 0 amide bonds. The molecule has 0 saturated heterocycles. The Morgan fingerprint density at radius 1 is 1.23 bits per heavy atom. The van der Waals surface area contributed by atoms with Crippen LogP contribution in [0.1, 0.15) is 24.2 Å². The Morgan fingerprint density at radius 2 is 2.00 bits per heavy atom. The number of rotatable bonds is 9. The molecule has 0 radical (unpaired) electrons. The van der Waals surface area contributed by atoms with E-state index in [1.807, 2.05) is 43.3 Å². The second-order valence-corrected chi connectivity index (χ2v) is 6.49. The minimum Gasteiger partial charge on any atom is -0.492 e. The number of ether oxygens (including phenoxy) is 2. The molecular formula is C20H24ClNO4. The Labute approximate surface area is 158 Å². The van der Waals surface area contributed by atoms with E-state index >= 15 is 0 Å². The Balaban J connectivity index is 1.83. The predicted molar refractivity (Wildman–Crippen MR) is 102 cm³/mol. The summed E-state index contributed by atoms with van der Waals surface area (Å²) in [5.74, 6) is 0.346. The van der Waals surface area contributed by atoms with Gasteiger partial charge in [0, 0.05) is 23.2 Å². The number of esters is 1. The zero-order valence-electron chi connectivity index (χ0n) is 14.9. The smallest absolute Gasteiger partial charge is 0.310 e. The first-order valence-electron chi connectivity index (χ1n) is 8.44. The fourth-order valence-corrected chi connectivity index (χ4v) is 2.64. The number of nitrogens with one attached hydrogen (secondary N) is 1. The number of aliphatic hydroxyl groups is 1. The molecule has 6 heteroatoms. The van der Waals surface area contributed by atoms with Crippen molar-refractivity contribution in [1.82, 2.24) is 5.32 Å². The molecule has 0 aliphatic rings. The average Bonchev–Trinajstić information content (AvgIpc) is 2.65. The number of carbonyl (C=O) groups is 1. The Morgan fingerprint density at radius 3 is 2.73 bits per heavy atom. The minimum atomic E-state index is -0.650. The molecule has 0 aromatic heterocycles. The van der Waals surface area contributed by atoms with Crippen LogP contribution in [0.15, 0.2) is 48.5 Å². The Bertz CT molecular complexity index is 722. The lowest BCUT2D eigenvalue weighted by molar-refractivity contribution is -0.139. The molecule has 0 aliphatic carbocycles. The highest BCUT2D eigenvalue weighted by Gasteiger charge is 2.12. The fourth-order valence-electron chi connectivity index (χ4n) is 2.44. The molecule has 2 aromatic carbocycles. The van der Waals surface area contributed by atoms with Gasteiger partial charge >= 0.3 is 5.97 Å². The van der Waals surface area contributed by atoms with Crippen molar-refractivity contribution < 1.29 is 19.4 Å². The van der Waals surface area contributed by atoms with Crippen molar-refractivity contribution in [2.45, 2.75) is 25.5 Å². The third kappa shape index (κ3) is 6.33. The maximum atomic E-state index is 11.5. The number of carbonyl (C=O) groups excluding carboxylic acids is 1. The molecule has 140 valence electrons. The Kier molecular flexibility index (Phi) is 7.91. The van der Waals surface area contributed by atoms with E-state index in [0.717, 1.165) is 11.1 Å². The zero-order chi connectivity index (χ0) is 18.9. The first-order valence-corrected chi connectivity index (χ1v) is 8.82. The molecule has 0 saturated carbocycles. The molecule has 2 unspecified atom stereocenters. The quantitative estimate of drug-likeness (QED) is 0.657. The van der Waals surface area contributed by atoms with Gasteiger partial charge in [-0.25, -0.2) is 0 Å². The van der Waals surface area contributed by atoms with Gasteiger partial charge in [0.1, 0.15) is 12.4 Å². The second-order valence-electron chi connectivity index (χ2n) is 6.05. The maximum absolute atomic E-state index is 11.5. The molecular weight excluding hydrogens is 354 g/mol. The average molecular weight is 378 g/mol. The topological polar surface area (TPSA) is 67.8 Å². The summed E-state index contributed by atoms with van der Waals surface area (Å²) in [7, 11) is 1.36. The summed E-state index contributed by atoms with van der Waals surface area (Å²) in [6.07, 6.45) is -0.482. The van der Waals surface area contributed by atoms with Crippen LogP contribution in [0.2, 0.25) is 5.02 Å². The highest BCUT2D eigenvalue weighted by molar-refractivity contribution is 6.30. The number of para-hydroxylation sites is 1. The van der Waals surface area contributed by atoms with Gasteiger partial charge in [0.15, 0.2) is 0 Å². The van der Waals surface area contributed by atoms with Gasteiger partial charge in [0.25, 0.3) is 0 Å². The summed E-state index contributed by atoms with van der Waals surface area (Å²) in [6.45, 7) is 2.75. The monoisotopic (exact) mass is 377 g/mol. The SMILES string of the molecule is COC(=O)Cc1ccccc1OCC(C)NCC(O)c1cccc(Cl)c1. The van der Waals surface area contributed by atoms with E-state index in [9.17, 15) is 9.90 Å². The number of halogens is 1. The summed E-state index contributed by atoms with van der Waals surface area (Å²) in [5.41, 5.74) is 1.55. The summed E-state index contributed by atoms with van der Waals surface area (Å²) >= 11 is 5.95. The van der Waals surface area contributed by atoms with Gasteiger partial charge in [-0.2, -0.15) is 0 Å². The highest BCUT2D eigenvalue weighted by atomic mass is 35.5. The first-order chi connectivity index (χ1) is 12.5. The van der Waals surface area contributed by atoms with Crippen molar-refractivity contribution in [2.24, 2.45) is 0 Å². The van der Waals surface area contributed by atoms with Gasteiger partial charge in [0.05, 0.1) is 19.6 Å². The molecule has 2 N–H and O–H groups in total. The number of methoxy groups -OCH3 is 1. The molecule has 0 heterocycles. The summed E-state index contributed by atoms with van der Waals surface area (Å²) < 4.78 is 10.5. The summed E-state index contributed by atoms with van der Waals surface area (Å²) in [4.78, 5) is 11.5. The molecule has 0 bridgehead atoms. The molecule has 0 fully saturated rings. The lowest BCUT2D eigenvalue weighted by Crippen LogP contribution is -2.35. The van der Waals surface area contributed by atoms with Gasteiger partial charge in [-0.3, -0.25) is 4.79 Å². The first kappa shape index (κ1) is 20.2. The standard InChI is InChI=1S/C20H24ClNO4/c1-14(22-12-18(23)15-7-5-8-17(21)10-15)13-26-19-9-4-3-6-16(19)11-20(24)25-2/h3-10,14,18,22-23H,11-13H2,1-2H3. The highest BCUT2D eigenvalue weighted by Crippen LogP contribution is 2.20. The van der Waals surface area contributed by atoms with Crippen molar-refractivity contribution in [1.29, 1.82) is 0 Å². The second kappa shape index (κ2) is 10.2. The van der Waals surface area contributed by atoms with Crippen LogP contribution in [-0.4, -0.2) is 37.4 Å². The lowest BCUT2D eigenvalue weighted by Gasteiger charge is -2.19. The summed E-state index contributed by atoms with van der Waals surface area (Å²) in [5, 5.41) is 14.1. The lowest BCUT2D eigenvalue weighted by atomic mass is 10.1.